The molecule has 0 heterocycles. The third-order valence-corrected chi connectivity index (χ3v) is 2.18. The van der Waals surface area contributed by atoms with Crippen LogP contribution in [-0.4, -0.2) is 44.4 Å². The molecule has 0 radical (unpaired) electrons. The number of nitrogens with one attached hydrogen (secondary N) is 1. The van der Waals surface area contributed by atoms with Gasteiger partial charge in [0.1, 0.15) is 5.54 Å². The molecule has 16 heavy (non-hydrogen) atoms. The van der Waals surface area contributed by atoms with Crippen molar-refractivity contribution in [3.63, 3.8) is 0 Å². The van der Waals surface area contributed by atoms with Crippen molar-refractivity contribution in [1.29, 1.82) is 0 Å². The molecule has 0 aromatic carbocycles. The van der Waals surface area contributed by atoms with Crippen molar-refractivity contribution >= 4 is 5.91 Å². The summed E-state index contributed by atoms with van der Waals surface area (Å²) >= 11 is 0. The Labute approximate surface area is 97.7 Å². The van der Waals surface area contributed by atoms with Crippen LogP contribution in [0.4, 0.5) is 0 Å². The molecule has 5 nitrogen and oxygen atoms in total. The Balaban J connectivity index is 3.98. The molecule has 0 aliphatic heterocycles. The number of methoxy groups -OCH3 is 1. The highest BCUT2D eigenvalue weighted by Gasteiger charge is 2.31. The average molecular weight is 232 g/mol. The summed E-state index contributed by atoms with van der Waals surface area (Å²) in [6.07, 6.45) is 0.813. The Hall–Kier alpha value is -0.650. The van der Waals surface area contributed by atoms with E-state index in [9.17, 15) is 4.79 Å². The van der Waals surface area contributed by atoms with Gasteiger partial charge < -0.3 is 15.2 Å². The lowest BCUT2D eigenvalue weighted by atomic mass is 10.0. The number of nitrogens with two attached hydrogens (primary N) is 1. The van der Waals surface area contributed by atoms with Gasteiger partial charge in [-0.25, -0.2) is 0 Å². The maximum absolute atomic E-state index is 11.3. The lowest BCUT2D eigenvalue weighted by Gasteiger charge is -2.29. The molecule has 0 aromatic heterocycles. The minimum atomic E-state index is -0.804. The minimum absolute atomic E-state index is 0.181. The van der Waals surface area contributed by atoms with Gasteiger partial charge in [0.15, 0.2) is 0 Å². The average Bonchev–Trinajstić information content (AvgIpc) is 2.16. The molecular weight excluding hydrogens is 208 g/mol. The van der Waals surface area contributed by atoms with Crippen LogP contribution in [0.25, 0.3) is 0 Å². The molecule has 1 unspecified atom stereocenters. The number of amides is 1. The number of hydrogen-bond donors (Lipinski definition) is 2. The van der Waals surface area contributed by atoms with E-state index in [2.05, 4.69) is 5.32 Å². The molecule has 0 saturated heterocycles. The third-order valence-electron chi connectivity index (χ3n) is 2.18. The smallest absolute Gasteiger partial charge is 0.239 e. The molecule has 0 saturated carbocycles. The van der Waals surface area contributed by atoms with Gasteiger partial charge in [-0.2, -0.15) is 0 Å². The lowest BCUT2D eigenvalue weighted by molar-refractivity contribution is -0.126. The first-order valence-electron chi connectivity index (χ1n) is 5.56. The summed E-state index contributed by atoms with van der Waals surface area (Å²) in [4.78, 5) is 11.3. The molecular formula is C11H24N2O3. The van der Waals surface area contributed by atoms with Crippen LogP contribution in [0.3, 0.4) is 0 Å². The van der Waals surface area contributed by atoms with E-state index in [1.165, 1.54) is 0 Å². The second kappa shape index (κ2) is 7.60. The third kappa shape index (κ3) is 6.05. The Morgan fingerprint density at radius 1 is 1.44 bits per heavy atom. The van der Waals surface area contributed by atoms with Gasteiger partial charge in [-0.3, -0.25) is 10.1 Å². The van der Waals surface area contributed by atoms with Gasteiger partial charge in [0, 0.05) is 26.4 Å². The van der Waals surface area contributed by atoms with E-state index in [1.807, 2.05) is 13.8 Å². The standard InChI is InChI=1S/C11H24N2O3/c1-9(2)13-11(3,10(12)14)8-16-7-5-6-15-4/h9,13H,5-8H2,1-4H3,(H2,12,14). The molecule has 0 aliphatic carbocycles. The fourth-order valence-corrected chi connectivity index (χ4v) is 1.40. The van der Waals surface area contributed by atoms with E-state index in [0.717, 1.165) is 6.42 Å². The highest BCUT2D eigenvalue weighted by molar-refractivity contribution is 5.84. The first-order valence-corrected chi connectivity index (χ1v) is 5.56. The number of carbonyl (C=O) groups is 1. The summed E-state index contributed by atoms with van der Waals surface area (Å²) < 4.78 is 10.3. The van der Waals surface area contributed by atoms with Crippen molar-refractivity contribution in [2.75, 3.05) is 26.9 Å². The molecule has 0 rings (SSSR count). The predicted octanol–water partition coefficient (Wildman–Crippen LogP) is 0.282. The maximum Gasteiger partial charge on any atom is 0.239 e. The highest BCUT2D eigenvalue weighted by Crippen LogP contribution is 2.05. The number of ether oxygens (including phenoxy) is 2. The molecule has 1 amide bonds. The van der Waals surface area contributed by atoms with Gasteiger partial charge in [-0.15, -0.1) is 0 Å². The van der Waals surface area contributed by atoms with Crippen LogP contribution in [0.15, 0.2) is 0 Å². The summed E-state index contributed by atoms with van der Waals surface area (Å²) in [5, 5.41) is 3.12. The first kappa shape index (κ1) is 15.3. The van der Waals surface area contributed by atoms with Crippen LogP contribution in [0, 0.1) is 0 Å². The van der Waals surface area contributed by atoms with Crippen LogP contribution < -0.4 is 11.1 Å². The molecule has 0 fully saturated rings. The Kier molecular flexibility index (Phi) is 7.29. The van der Waals surface area contributed by atoms with E-state index in [-0.39, 0.29) is 12.6 Å². The summed E-state index contributed by atoms with van der Waals surface area (Å²) in [5.41, 5.74) is 4.55. The molecule has 1 atom stereocenters. The topological polar surface area (TPSA) is 73.6 Å². The van der Waals surface area contributed by atoms with E-state index in [0.29, 0.717) is 13.2 Å². The fraction of sp³-hybridized carbons (Fsp3) is 0.909. The summed E-state index contributed by atoms with van der Waals surface area (Å²) in [5.74, 6) is -0.395. The highest BCUT2D eigenvalue weighted by atomic mass is 16.5. The fourth-order valence-electron chi connectivity index (χ4n) is 1.40. The van der Waals surface area contributed by atoms with Crippen LogP contribution >= 0.6 is 0 Å². The van der Waals surface area contributed by atoms with Crippen LogP contribution in [0.1, 0.15) is 27.2 Å². The molecule has 0 spiro atoms. The molecule has 0 bridgehead atoms. The summed E-state index contributed by atoms with van der Waals surface area (Å²) in [7, 11) is 1.65. The van der Waals surface area contributed by atoms with Gasteiger partial charge >= 0.3 is 0 Å². The SMILES string of the molecule is COCCCOCC(C)(NC(C)C)C(N)=O. The minimum Gasteiger partial charge on any atom is -0.385 e. The molecule has 5 heteroatoms. The number of primary amides is 1. The Morgan fingerprint density at radius 2 is 2.06 bits per heavy atom. The Morgan fingerprint density at radius 3 is 2.50 bits per heavy atom. The van der Waals surface area contributed by atoms with Crippen molar-refractivity contribution in [2.24, 2.45) is 5.73 Å². The second-order valence-corrected chi connectivity index (χ2v) is 4.39. The normalized spacial score (nSPS) is 15.1. The number of carbonyl (C=O) groups excluding carboxylic acids is 1. The monoisotopic (exact) mass is 232 g/mol. The van der Waals surface area contributed by atoms with Crippen molar-refractivity contribution in [1.82, 2.24) is 5.32 Å². The van der Waals surface area contributed by atoms with Gasteiger partial charge in [0.25, 0.3) is 0 Å². The zero-order valence-electron chi connectivity index (χ0n) is 10.7. The van der Waals surface area contributed by atoms with E-state index in [4.69, 9.17) is 15.2 Å². The molecule has 0 aromatic rings. The van der Waals surface area contributed by atoms with Gasteiger partial charge in [0.05, 0.1) is 6.61 Å². The molecule has 3 N–H and O–H groups in total. The maximum atomic E-state index is 11.3. The second-order valence-electron chi connectivity index (χ2n) is 4.39. The van der Waals surface area contributed by atoms with E-state index >= 15 is 0 Å². The Bertz CT molecular complexity index is 209. The predicted molar refractivity (Wildman–Crippen MR) is 63.2 cm³/mol. The van der Waals surface area contributed by atoms with Crippen molar-refractivity contribution in [2.45, 2.75) is 38.8 Å². The summed E-state index contributed by atoms with van der Waals surface area (Å²) in [6.45, 7) is 7.19. The van der Waals surface area contributed by atoms with Crippen molar-refractivity contribution in [3.8, 4) is 0 Å². The van der Waals surface area contributed by atoms with E-state index in [1.54, 1.807) is 14.0 Å². The van der Waals surface area contributed by atoms with Gasteiger partial charge in [0.2, 0.25) is 5.91 Å². The summed E-state index contributed by atoms with van der Waals surface area (Å²) in [6, 6.07) is 0.181. The van der Waals surface area contributed by atoms with Crippen molar-refractivity contribution in [3.05, 3.63) is 0 Å². The lowest BCUT2D eigenvalue weighted by Crippen LogP contribution is -2.58. The number of hydrogen-bond acceptors (Lipinski definition) is 4. The molecule has 0 aliphatic rings. The van der Waals surface area contributed by atoms with Gasteiger partial charge in [-0.05, 0) is 27.2 Å². The zero-order valence-corrected chi connectivity index (χ0v) is 10.7. The molecule has 96 valence electrons. The van der Waals surface area contributed by atoms with Gasteiger partial charge in [-0.1, -0.05) is 0 Å². The van der Waals surface area contributed by atoms with Crippen molar-refractivity contribution < 1.29 is 14.3 Å². The largest absolute Gasteiger partial charge is 0.385 e. The van der Waals surface area contributed by atoms with E-state index < -0.39 is 11.4 Å². The number of rotatable bonds is 9. The van der Waals surface area contributed by atoms with Crippen LogP contribution in [0.5, 0.6) is 0 Å². The first-order chi connectivity index (χ1) is 7.42. The van der Waals surface area contributed by atoms with Crippen LogP contribution in [0.2, 0.25) is 0 Å². The zero-order chi connectivity index (χ0) is 12.6. The quantitative estimate of drug-likeness (QED) is 0.560. The van der Waals surface area contributed by atoms with Crippen LogP contribution in [-0.2, 0) is 14.3 Å².